The summed E-state index contributed by atoms with van der Waals surface area (Å²) in [5.41, 5.74) is 1.99. The molecule has 0 spiro atoms. The third-order valence-corrected chi connectivity index (χ3v) is 2.78. The molecule has 1 N–H and O–H groups in total. The molecule has 2 aromatic heterocycles. The first kappa shape index (κ1) is 13.2. The second-order valence-corrected chi connectivity index (χ2v) is 4.33. The van der Waals surface area contributed by atoms with Crippen LogP contribution in [-0.2, 0) is 6.54 Å². The molecular weight excluding hydrogens is 268 g/mol. The van der Waals surface area contributed by atoms with Crippen molar-refractivity contribution < 1.29 is 4.92 Å². The average molecular weight is 279 g/mol. The van der Waals surface area contributed by atoms with Gasteiger partial charge in [-0.05, 0) is 24.1 Å². The first-order chi connectivity index (χ1) is 9.06. The van der Waals surface area contributed by atoms with Crippen molar-refractivity contribution >= 4 is 23.1 Å². The number of halogens is 1. The van der Waals surface area contributed by atoms with Crippen molar-refractivity contribution in [3.8, 4) is 0 Å². The second-order valence-electron chi connectivity index (χ2n) is 3.95. The highest BCUT2D eigenvalue weighted by Crippen LogP contribution is 2.21. The summed E-state index contributed by atoms with van der Waals surface area (Å²) >= 11 is 5.74. The van der Waals surface area contributed by atoms with Crippen LogP contribution in [0.1, 0.15) is 11.1 Å². The predicted octanol–water partition coefficient (Wildman–Crippen LogP) is 2.96. The molecule has 98 valence electrons. The van der Waals surface area contributed by atoms with Crippen LogP contribution < -0.4 is 5.32 Å². The molecule has 0 atom stereocenters. The van der Waals surface area contributed by atoms with Gasteiger partial charge >= 0.3 is 0 Å². The van der Waals surface area contributed by atoms with Crippen LogP contribution in [0, 0.1) is 17.0 Å². The number of hydrogen-bond donors (Lipinski definition) is 1. The highest BCUT2D eigenvalue weighted by Gasteiger charge is 2.10. The molecule has 0 saturated heterocycles. The van der Waals surface area contributed by atoms with E-state index in [-0.39, 0.29) is 10.8 Å². The molecule has 0 aliphatic heterocycles. The van der Waals surface area contributed by atoms with E-state index >= 15 is 0 Å². The Morgan fingerprint density at radius 2 is 2.26 bits per heavy atom. The minimum atomic E-state index is -0.504. The largest absolute Gasteiger partial charge is 0.366 e. The summed E-state index contributed by atoms with van der Waals surface area (Å²) in [6.45, 7) is 2.44. The number of aromatic nitrogens is 2. The van der Waals surface area contributed by atoms with Gasteiger partial charge in [-0.15, -0.1) is 0 Å². The molecule has 0 radical (unpaired) electrons. The Kier molecular flexibility index (Phi) is 3.91. The molecule has 0 aliphatic rings. The zero-order valence-corrected chi connectivity index (χ0v) is 10.9. The molecule has 7 heteroatoms. The Bertz CT molecular complexity index is 618. The maximum absolute atomic E-state index is 10.7. The van der Waals surface area contributed by atoms with Gasteiger partial charge in [0.1, 0.15) is 11.0 Å². The molecule has 0 aromatic carbocycles. The highest BCUT2D eigenvalue weighted by atomic mass is 35.5. The van der Waals surface area contributed by atoms with Gasteiger partial charge in [-0.25, -0.2) is 4.98 Å². The van der Waals surface area contributed by atoms with Crippen LogP contribution in [0.4, 0.5) is 11.5 Å². The van der Waals surface area contributed by atoms with E-state index < -0.39 is 4.92 Å². The van der Waals surface area contributed by atoms with Crippen molar-refractivity contribution in [2.45, 2.75) is 13.5 Å². The van der Waals surface area contributed by atoms with Crippen molar-refractivity contribution in [1.29, 1.82) is 0 Å². The summed E-state index contributed by atoms with van der Waals surface area (Å²) in [7, 11) is 0. The monoisotopic (exact) mass is 278 g/mol. The zero-order valence-electron chi connectivity index (χ0n) is 10.1. The van der Waals surface area contributed by atoms with Gasteiger partial charge in [-0.3, -0.25) is 15.1 Å². The Balaban J connectivity index is 2.16. The summed E-state index contributed by atoms with van der Waals surface area (Å²) in [5, 5.41) is 13.8. The molecule has 2 rings (SSSR count). The van der Waals surface area contributed by atoms with Crippen LogP contribution in [-0.4, -0.2) is 14.9 Å². The molecule has 0 fully saturated rings. The van der Waals surface area contributed by atoms with Gasteiger partial charge in [0.05, 0.1) is 17.1 Å². The van der Waals surface area contributed by atoms with Gasteiger partial charge < -0.3 is 5.32 Å². The van der Waals surface area contributed by atoms with Gasteiger partial charge in [-0.2, -0.15) is 0 Å². The fourth-order valence-electron chi connectivity index (χ4n) is 1.57. The highest BCUT2D eigenvalue weighted by molar-refractivity contribution is 6.29. The van der Waals surface area contributed by atoms with Crippen LogP contribution in [0.2, 0.25) is 5.15 Å². The molecule has 0 bridgehead atoms. The van der Waals surface area contributed by atoms with E-state index in [1.807, 2.05) is 13.0 Å². The third-order valence-electron chi connectivity index (χ3n) is 2.59. The smallest absolute Gasteiger partial charge is 0.276 e. The van der Waals surface area contributed by atoms with E-state index in [2.05, 4.69) is 15.3 Å². The molecule has 0 aliphatic carbocycles. The van der Waals surface area contributed by atoms with Crippen molar-refractivity contribution in [2.24, 2.45) is 0 Å². The first-order valence-electron chi connectivity index (χ1n) is 5.51. The average Bonchev–Trinajstić information content (AvgIpc) is 2.37. The van der Waals surface area contributed by atoms with E-state index in [1.54, 1.807) is 12.4 Å². The number of pyridine rings is 2. The van der Waals surface area contributed by atoms with Crippen molar-refractivity contribution in [3.63, 3.8) is 0 Å². The molecule has 0 saturated carbocycles. The Hall–Kier alpha value is -2.21. The van der Waals surface area contributed by atoms with E-state index in [0.717, 1.165) is 11.1 Å². The summed E-state index contributed by atoms with van der Waals surface area (Å²) in [5.74, 6) is 0.371. The number of aryl methyl sites for hydroxylation is 1. The number of anilines is 1. The van der Waals surface area contributed by atoms with E-state index in [0.29, 0.717) is 12.4 Å². The minimum absolute atomic E-state index is 0.0863. The Morgan fingerprint density at radius 1 is 1.47 bits per heavy atom. The molecule has 2 heterocycles. The molecule has 0 unspecified atom stereocenters. The Labute approximate surface area is 114 Å². The number of rotatable bonds is 4. The minimum Gasteiger partial charge on any atom is -0.366 e. The quantitative estimate of drug-likeness (QED) is 0.528. The maximum Gasteiger partial charge on any atom is 0.276 e. The van der Waals surface area contributed by atoms with Crippen molar-refractivity contribution in [3.05, 3.63) is 57.0 Å². The lowest BCUT2D eigenvalue weighted by molar-refractivity contribution is -0.384. The van der Waals surface area contributed by atoms with E-state index in [4.69, 9.17) is 11.6 Å². The SMILES string of the molecule is Cc1cnccc1CNc1cc([N+](=O)[O-])cc(Cl)n1. The zero-order chi connectivity index (χ0) is 13.8. The first-order valence-corrected chi connectivity index (χ1v) is 5.89. The number of nitro groups is 1. The number of hydrogen-bond acceptors (Lipinski definition) is 5. The lowest BCUT2D eigenvalue weighted by Gasteiger charge is -2.08. The molecule has 2 aromatic rings. The number of nitrogens with one attached hydrogen (secondary N) is 1. The van der Waals surface area contributed by atoms with Crippen LogP contribution >= 0.6 is 11.6 Å². The summed E-state index contributed by atoms with van der Waals surface area (Å²) in [6.07, 6.45) is 3.45. The van der Waals surface area contributed by atoms with Gasteiger partial charge in [0.2, 0.25) is 0 Å². The molecule has 19 heavy (non-hydrogen) atoms. The molecule has 0 amide bonds. The van der Waals surface area contributed by atoms with Crippen LogP contribution in [0.5, 0.6) is 0 Å². The number of nitrogens with zero attached hydrogens (tertiary/aromatic N) is 3. The third kappa shape index (κ3) is 3.38. The second kappa shape index (κ2) is 5.62. The summed E-state index contributed by atoms with van der Waals surface area (Å²) in [4.78, 5) is 18.2. The van der Waals surface area contributed by atoms with E-state index in [9.17, 15) is 10.1 Å². The lowest BCUT2D eigenvalue weighted by Crippen LogP contribution is -2.04. The standard InChI is InChI=1S/C12H11ClN4O2/c1-8-6-14-3-2-9(8)7-15-12-5-10(17(18)19)4-11(13)16-12/h2-6H,7H2,1H3,(H,15,16). The summed E-state index contributed by atoms with van der Waals surface area (Å²) in [6, 6.07) is 4.44. The maximum atomic E-state index is 10.7. The van der Waals surface area contributed by atoms with E-state index in [1.165, 1.54) is 12.1 Å². The fraction of sp³-hybridized carbons (Fsp3) is 0.167. The molecular formula is C12H11ClN4O2. The van der Waals surface area contributed by atoms with Gasteiger partial charge in [0, 0.05) is 18.9 Å². The van der Waals surface area contributed by atoms with Crippen LogP contribution in [0.3, 0.4) is 0 Å². The summed E-state index contributed by atoms with van der Waals surface area (Å²) < 4.78 is 0. The fourth-order valence-corrected chi connectivity index (χ4v) is 1.77. The van der Waals surface area contributed by atoms with Crippen LogP contribution in [0.25, 0.3) is 0 Å². The van der Waals surface area contributed by atoms with Gasteiger partial charge in [0.25, 0.3) is 5.69 Å². The molecule has 6 nitrogen and oxygen atoms in total. The van der Waals surface area contributed by atoms with Gasteiger partial charge in [-0.1, -0.05) is 11.6 Å². The predicted molar refractivity (Wildman–Crippen MR) is 72.2 cm³/mol. The van der Waals surface area contributed by atoms with Crippen LogP contribution in [0.15, 0.2) is 30.6 Å². The topological polar surface area (TPSA) is 81.0 Å². The Morgan fingerprint density at radius 3 is 2.95 bits per heavy atom. The normalized spacial score (nSPS) is 10.2. The van der Waals surface area contributed by atoms with Gasteiger partial charge in [0.15, 0.2) is 0 Å². The lowest BCUT2D eigenvalue weighted by atomic mass is 10.1. The van der Waals surface area contributed by atoms with Crippen molar-refractivity contribution in [1.82, 2.24) is 9.97 Å². The van der Waals surface area contributed by atoms with Crippen molar-refractivity contribution in [2.75, 3.05) is 5.32 Å².